The van der Waals surface area contributed by atoms with Crippen LogP contribution in [-0.2, 0) is 13.1 Å². The van der Waals surface area contributed by atoms with Crippen LogP contribution in [0.5, 0.6) is 0 Å². The fraction of sp³-hybridized carbons (Fsp3) is 0.333. The van der Waals surface area contributed by atoms with Crippen molar-refractivity contribution in [3.63, 3.8) is 0 Å². The number of aromatic nitrogens is 2. The lowest BCUT2D eigenvalue weighted by Gasteiger charge is -2.10. The van der Waals surface area contributed by atoms with Gasteiger partial charge in [-0.1, -0.05) is 11.6 Å². The lowest BCUT2D eigenvalue weighted by atomic mass is 10.3. The third kappa shape index (κ3) is 2.41. The van der Waals surface area contributed by atoms with E-state index in [0.29, 0.717) is 18.1 Å². The third-order valence-corrected chi connectivity index (χ3v) is 2.71. The summed E-state index contributed by atoms with van der Waals surface area (Å²) in [6.45, 7) is 1.01. The second-order valence-electron chi connectivity index (χ2n) is 4.14. The van der Waals surface area contributed by atoms with Crippen molar-refractivity contribution in [2.24, 2.45) is 0 Å². The standard InChI is InChI=1S/C12H13ClN4/c1-16(2)8-12-15-10-7-9(13)3-4-11(10)17(12)6-5-14/h3-4,7H,6,8H2,1-2H3. The molecule has 4 nitrogen and oxygen atoms in total. The van der Waals surface area contributed by atoms with Crippen molar-refractivity contribution in [3.05, 3.63) is 29.0 Å². The number of benzene rings is 1. The van der Waals surface area contributed by atoms with Gasteiger partial charge < -0.3 is 9.47 Å². The highest BCUT2D eigenvalue weighted by atomic mass is 35.5. The molecule has 0 aliphatic carbocycles. The van der Waals surface area contributed by atoms with Gasteiger partial charge in [0.15, 0.2) is 0 Å². The molecule has 5 heteroatoms. The molecular formula is C12H13ClN4. The van der Waals surface area contributed by atoms with Crippen LogP contribution < -0.4 is 0 Å². The molecule has 0 unspecified atom stereocenters. The van der Waals surface area contributed by atoms with Crippen LogP contribution in [0.15, 0.2) is 18.2 Å². The SMILES string of the molecule is CN(C)Cc1nc2cc(Cl)ccc2n1CC#N. The molecular weight excluding hydrogens is 236 g/mol. The van der Waals surface area contributed by atoms with Crippen LogP contribution >= 0.6 is 11.6 Å². The molecule has 0 saturated carbocycles. The Kier molecular flexibility index (Phi) is 3.32. The molecule has 0 amide bonds. The van der Waals surface area contributed by atoms with Gasteiger partial charge in [0.05, 0.1) is 23.6 Å². The van der Waals surface area contributed by atoms with Crippen molar-refractivity contribution >= 4 is 22.6 Å². The third-order valence-electron chi connectivity index (χ3n) is 2.48. The van der Waals surface area contributed by atoms with Crippen LogP contribution in [0.1, 0.15) is 5.82 Å². The zero-order valence-electron chi connectivity index (χ0n) is 9.81. The zero-order chi connectivity index (χ0) is 12.4. The maximum Gasteiger partial charge on any atom is 0.125 e. The Labute approximate surface area is 105 Å². The minimum atomic E-state index is 0.307. The molecule has 17 heavy (non-hydrogen) atoms. The van der Waals surface area contributed by atoms with E-state index in [1.165, 1.54) is 0 Å². The highest BCUT2D eigenvalue weighted by molar-refractivity contribution is 6.31. The molecule has 2 aromatic rings. The molecule has 0 atom stereocenters. The summed E-state index contributed by atoms with van der Waals surface area (Å²) in [4.78, 5) is 6.54. The smallest absolute Gasteiger partial charge is 0.125 e. The van der Waals surface area contributed by atoms with Crippen molar-refractivity contribution in [2.45, 2.75) is 13.1 Å². The van der Waals surface area contributed by atoms with E-state index in [1.54, 1.807) is 0 Å². The number of nitriles is 1. The number of fused-ring (bicyclic) bond motifs is 1. The maximum atomic E-state index is 8.87. The first kappa shape index (κ1) is 11.9. The molecule has 2 rings (SSSR count). The topological polar surface area (TPSA) is 44.9 Å². The molecule has 1 heterocycles. The lowest BCUT2D eigenvalue weighted by Crippen LogP contribution is -2.15. The molecule has 0 radical (unpaired) electrons. The first-order chi connectivity index (χ1) is 8.11. The second kappa shape index (κ2) is 4.74. The van der Waals surface area contributed by atoms with E-state index >= 15 is 0 Å². The van der Waals surface area contributed by atoms with E-state index in [-0.39, 0.29) is 0 Å². The Hall–Kier alpha value is -1.57. The number of imidazole rings is 1. The largest absolute Gasteiger partial charge is 0.313 e. The molecule has 0 spiro atoms. The van der Waals surface area contributed by atoms with Gasteiger partial charge in [0.1, 0.15) is 12.4 Å². The molecule has 1 aromatic heterocycles. The van der Waals surface area contributed by atoms with Crippen molar-refractivity contribution in [1.29, 1.82) is 5.26 Å². The summed E-state index contributed by atoms with van der Waals surface area (Å²) in [5.41, 5.74) is 1.79. The van der Waals surface area contributed by atoms with E-state index < -0.39 is 0 Å². The van der Waals surface area contributed by atoms with Gasteiger partial charge in [-0.2, -0.15) is 5.26 Å². The quantitative estimate of drug-likeness (QED) is 0.837. The van der Waals surface area contributed by atoms with Crippen LogP contribution in [-0.4, -0.2) is 28.5 Å². The van der Waals surface area contributed by atoms with E-state index in [4.69, 9.17) is 16.9 Å². The average Bonchev–Trinajstić information content (AvgIpc) is 2.55. The molecule has 0 saturated heterocycles. The molecule has 0 aliphatic rings. The normalized spacial score (nSPS) is 11.0. The minimum absolute atomic E-state index is 0.307. The van der Waals surface area contributed by atoms with E-state index in [1.807, 2.05) is 41.8 Å². The first-order valence-electron chi connectivity index (χ1n) is 5.28. The van der Waals surface area contributed by atoms with Crippen LogP contribution in [0, 0.1) is 11.3 Å². The maximum absolute atomic E-state index is 8.87. The highest BCUT2D eigenvalue weighted by Crippen LogP contribution is 2.21. The molecule has 88 valence electrons. The van der Waals surface area contributed by atoms with Crippen LogP contribution in [0.25, 0.3) is 11.0 Å². The molecule has 0 bridgehead atoms. The number of hydrogen-bond donors (Lipinski definition) is 0. The summed E-state index contributed by atoms with van der Waals surface area (Å²) < 4.78 is 1.92. The summed E-state index contributed by atoms with van der Waals surface area (Å²) in [6, 6.07) is 7.71. The lowest BCUT2D eigenvalue weighted by molar-refractivity contribution is 0.384. The summed E-state index contributed by atoms with van der Waals surface area (Å²) in [5.74, 6) is 0.883. The number of nitrogens with zero attached hydrogens (tertiary/aromatic N) is 4. The van der Waals surface area contributed by atoms with Crippen molar-refractivity contribution in [1.82, 2.24) is 14.5 Å². The van der Waals surface area contributed by atoms with Crippen molar-refractivity contribution < 1.29 is 0 Å². The van der Waals surface area contributed by atoms with Crippen LogP contribution in [0.2, 0.25) is 5.02 Å². The summed E-state index contributed by atoms with van der Waals surface area (Å²) in [5, 5.41) is 9.53. The fourth-order valence-electron chi connectivity index (χ4n) is 1.80. The summed E-state index contributed by atoms with van der Waals surface area (Å²) >= 11 is 5.94. The average molecular weight is 249 g/mol. The number of halogens is 1. The van der Waals surface area contributed by atoms with Gasteiger partial charge in [-0.15, -0.1) is 0 Å². The number of hydrogen-bond acceptors (Lipinski definition) is 3. The van der Waals surface area contributed by atoms with Crippen LogP contribution in [0.3, 0.4) is 0 Å². The molecule has 0 N–H and O–H groups in total. The van der Waals surface area contributed by atoms with Crippen molar-refractivity contribution in [3.8, 4) is 6.07 Å². The first-order valence-corrected chi connectivity index (χ1v) is 5.66. The minimum Gasteiger partial charge on any atom is -0.313 e. The van der Waals surface area contributed by atoms with Gasteiger partial charge in [-0.25, -0.2) is 4.98 Å². The van der Waals surface area contributed by atoms with E-state index in [0.717, 1.165) is 16.9 Å². The second-order valence-corrected chi connectivity index (χ2v) is 4.58. The molecule has 0 fully saturated rings. The Morgan fingerprint density at radius 3 is 2.88 bits per heavy atom. The van der Waals surface area contributed by atoms with Gasteiger partial charge in [-0.3, -0.25) is 0 Å². The summed E-state index contributed by atoms with van der Waals surface area (Å²) in [7, 11) is 3.95. The number of rotatable bonds is 3. The predicted octanol–water partition coefficient (Wildman–Crippen LogP) is 2.27. The monoisotopic (exact) mass is 248 g/mol. The van der Waals surface area contributed by atoms with Crippen molar-refractivity contribution in [2.75, 3.05) is 14.1 Å². The van der Waals surface area contributed by atoms with Gasteiger partial charge in [-0.05, 0) is 32.3 Å². The van der Waals surface area contributed by atoms with Gasteiger partial charge in [0, 0.05) is 5.02 Å². The van der Waals surface area contributed by atoms with E-state index in [9.17, 15) is 0 Å². The molecule has 0 aliphatic heterocycles. The Morgan fingerprint density at radius 1 is 1.47 bits per heavy atom. The van der Waals surface area contributed by atoms with Gasteiger partial charge >= 0.3 is 0 Å². The Balaban J connectivity index is 2.58. The summed E-state index contributed by atoms with van der Waals surface area (Å²) in [6.07, 6.45) is 0. The van der Waals surface area contributed by atoms with E-state index in [2.05, 4.69) is 11.1 Å². The predicted molar refractivity (Wildman–Crippen MR) is 67.7 cm³/mol. The fourth-order valence-corrected chi connectivity index (χ4v) is 1.97. The Bertz CT molecular complexity index is 580. The highest BCUT2D eigenvalue weighted by Gasteiger charge is 2.11. The molecule has 1 aromatic carbocycles. The zero-order valence-corrected chi connectivity index (χ0v) is 10.6. The van der Waals surface area contributed by atoms with Crippen LogP contribution in [0.4, 0.5) is 0 Å². The van der Waals surface area contributed by atoms with Gasteiger partial charge in [0.25, 0.3) is 0 Å². The Morgan fingerprint density at radius 2 is 2.24 bits per heavy atom. The van der Waals surface area contributed by atoms with Gasteiger partial charge in [0.2, 0.25) is 0 Å².